The average molecular weight is 236 g/mol. The molecule has 0 aliphatic carbocycles. The molecule has 0 bridgehead atoms. The van der Waals surface area contributed by atoms with Gasteiger partial charge in [-0.15, -0.1) is 0 Å². The summed E-state index contributed by atoms with van der Waals surface area (Å²) in [6.45, 7) is 0. The molecule has 88 valence electrons. The van der Waals surface area contributed by atoms with E-state index in [0.717, 1.165) is 16.4 Å². The second-order valence-electron chi connectivity index (χ2n) is 3.88. The Kier molecular flexibility index (Phi) is 2.75. The van der Waals surface area contributed by atoms with E-state index in [1.165, 1.54) is 5.39 Å². The van der Waals surface area contributed by atoms with Crippen molar-refractivity contribution in [2.75, 3.05) is 0 Å². The number of fused-ring (bicyclic) bond motifs is 2. The lowest BCUT2D eigenvalue weighted by Crippen LogP contribution is -1.68. The Morgan fingerprint density at radius 3 is 2.22 bits per heavy atom. The van der Waals surface area contributed by atoms with Gasteiger partial charge in [0.1, 0.15) is 0 Å². The first-order chi connectivity index (χ1) is 8.93. The normalized spacial score (nSPS) is 10.2. The minimum Gasteiger partial charge on any atom is -0.361 e. The SMILES string of the molecule is c1cc2[nH]ccc2cn1.c1cc2cc[nH]c2cn1. The molecule has 4 aromatic rings. The number of nitrogens with one attached hydrogen (secondary N) is 2. The quantitative estimate of drug-likeness (QED) is 0.493. The van der Waals surface area contributed by atoms with Crippen LogP contribution in [0.25, 0.3) is 21.8 Å². The first-order valence-corrected chi connectivity index (χ1v) is 5.68. The van der Waals surface area contributed by atoms with Gasteiger partial charge in [-0.05, 0) is 24.3 Å². The van der Waals surface area contributed by atoms with Gasteiger partial charge < -0.3 is 9.97 Å². The zero-order chi connectivity index (χ0) is 12.2. The molecule has 0 saturated heterocycles. The number of aromatic amines is 2. The van der Waals surface area contributed by atoms with E-state index >= 15 is 0 Å². The third-order valence-corrected chi connectivity index (χ3v) is 2.71. The van der Waals surface area contributed by atoms with Crippen LogP contribution in [0.4, 0.5) is 0 Å². The van der Waals surface area contributed by atoms with Crippen molar-refractivity contribution in [3.05, 3.63) is 61.4 Å². The lowest BCUT2D eigenvalue weighted by molar-refractivity contribution is 1.34. The van der Waals surface area contributed by atoms with Crippen molar-refractivity contribution in [2.45, 2.75) is 0 Å². The fourth-order valence-corrected chi connectivity index (χ4v) is 1.78. The number of pyridine rings is 2. The van der Waals surface area contributed by atoms with E-state index in [1.54, 1.807) is 12.4 Å². The van der Waals surface area contributed by atoms with Crippen LogP contribution >= 0.6 is 0 Å². The minimum absolute atomic E-state index is 1.09. The molecule has 4 heteroatoms. The highest BCUT2D eigenvalue weighted by atomic mass is 14.7. The lowest BCUT2D eigenvalue weighted by atomic mass is 10.3. The molecule has 0 aliphatic heterocycles. The van der Waals surface area contributed by atoms with Crippen molar-refractivity contribution in [1.29, 1.82) is 0 Å². The Morgan fingerprint density at radius 2 is 1.39 bits per heavy atom. The van der Waals surface area contributed by atoms with E-state index in [-0.39, 0.29) is 0 Å². The maximum atomic E-state index is 3.97. The Hall–Kier alpha value is -2.62. The molecule has 0 aromatic carbocycles. The number of hydrogen-bond acceptors (Lipinski definition) is 2. The Morgan fingerprint density at radius 1 is 0.667 bits per heavy atom. The summed E-state index contributed by atoms with van der Waals surface area (Å²) in [5.41, 5.74) is 2.24. The van der Waals surface area contributed by atoms with E-state index in [0.29, 0.717) is 0 Å². The molecule has 4 rings (SSSR count). The van der Waals surface area contributed by atoms with Crippen LogP contribution in [0.2, 0.25) is 0 Å². The third kappa shape index (κ3) is 2.08. The smallest absolute Gasteiger partial charge is 0.0640 e. The monoisotopic (exact) mass is 236 g/mol. The van der Waals surface area contributed by atoms with Gasteiger partial charge in [-0.1, -0.05) is 0 Å². The van der Waals surface area contributed by atoms with Gasteiger partial charge in [0.2, 0.25) is 0 Å². The topological polar surface area (TPSA) is 57.4 Å². The Labute approximate surface area is 104 Å². The number of rotatable bonds is 0. The molecule has 0 unspecified atom stereocenters. The van der Waals surface area contributed by atoms with Crippen LogP contribution in [-0.2, 0) is 0 Å². The van der Waals surface area contributed by atoms with E-state index < -0.39 is 0 Å². The summed E-state index contributed by atoms with van der Waals surface area (Å²) in [5.74, 6) is 0. The van der Waals surface area contributed by atoms with E-state index in [2.05, 4.69) is 19.9 Å². The van der Waals surface area contributed by atoms with Gasteiger partial charge in [-0.3, -0.25) is 9.97 Å². The van der Waals surface area contributed by atoms with Gasteiger partial charge in [0.25, 0.3) is 0 Å². The van der Waals surface area contributed by atoms with Crippen molar-refractivity contribution in [3.8, 4) is 0 Å². The Bertz CT molecular complexity index is 628. The first kappa shape index (κ1) is 10.5. The number of hydrogen-bond donors (Lipinski definition) is 2. The fourth-order valence-electron chi connectivity index (χ4n) is 1.78. The zero-order valence-electron chi connectivity index (χ0n) is 9.67. The van der Waals surface area contributed by atoms with Gasteiger partial charge >= 0.3 is 0 Å². The molecule has 4 aromatic heterocycles. The highest BCUT2D eigenvalue weighted by molar-refractivity contribution is 5.78. The predicted molar refractivity (Wildman–Crippen MR) is 72.2 cm³/mol. The summed E-state index contributed by atoms with van der Waals surface area (Å²) >= 11 is 0. The minimum atomic E-state index is 1.09. The molecule has 0 atom stereocenters. The van der Waals surface area contributed by atoms with Gasteiger partial charge in [0, 0.05) is 47.3 Å². The molecular weight excluding hydrogens is 224 g/mol. The van der Waals surface area contributed by atoms with Crippen LogP contribution in [0.5, 0.6) is 0 Å². The highest BCUT2D eigenvalue weighted by Crippen LogP contribution is 2.07. The lowest BCUT2D eigenvalue weighted by Gasteiger charge is -1.82. The summed E-state index contributed by atoms with van der Waals surface area (Å²) in [6.07, 6.45) is 11.0. The maximum Gasteiger partial charge on any atom is 0.0640 e. The van der Waals surface area contributed by atoms with Crippen molar-refractivity contribution in [3.63, 3.8) is 0 Å². The van der Waals surface area contributed by atoms with Crippen molar-refractivity contribution >= 4 is 21.8 Å². The molecule has 0 saturated carbocycles. The summed E-state index contributed by atoms with van der Waals surface area (Å²) in [6, 6.07) is 7.96. The average Bonchev–Trinajstić information content (AvgIpc) is 3.08. The standard InChI is InChI=1S/2C7H6N2/c1-4-9-7-2-3-8-5-6(1)7;1-3-8-5-7-6(1)2-4-9-7/h2*1-5,9H. The van der Waals surface area contributed by atoms with E-state index in [4.69, 9.17) is 0 Å². The van der Waals surface area contributed by atoms with Crippen molar-refractivity contribution < 1.29 is 0 Å². The van der Waals surface area contributed by atoms with E-state index in [1.807, 2.05) is 49.1 Å². The molecule has 4 heterocycles. The van der Waals surface area contributed by atoms with E-state index in [9.17, 15) is 0 Å². The van der Waals surface area contributed by atoms with Gasteiger partial charge in [0.15, 0.2) is 0 Å². The number of aromatic nitrogens is 4. The molecule has 2 N–H and O–H groups in total. The molecule has 0 radical (unpaired) electrons. The number of nitrogens with zero attached hydrogens (tertiary/aromatic N) is 2. The third-order valence-electron chi connectivity index (χ3n) is 2.71. The van der Waals surface area contributed by atoms with Gasteiger partial charge in [0.05, 0.1) is 11.7 Å². The molecule has 0 fully saturated rings. The summed E-state index contributed by atoms with van der Waals surface area (Å²) in [7, 11) is 0. The molecule has 18 heavy (non-hydrogen) atoms. The summed E-state index contributed by atoms with van der Waals surface area (Å²) < 4.78 is 0. The second-order valence-corrected chi connectivity index (χ2v) is 3.88. The summed E-state index contributed by atoms with van der Waals surface area (Å²) in [5, 5.41) is 2.38. The van der Waals surface area contributed by atoms with Gasteiger partial charge in [-0.25, -0.2) is 0 Å². The van der Waals surface area contributed by atoms with Crippen LogP contribution in [0, 0.1) is 0 Å². The first-order valence-electron chi connectivity index (χ1n) is 5.68. The molecule has 0 amide bonds. The van der Waals surface area contributed by atoms with Crippen LogP contribution in [0.15, 0.2) is 61.4 Å². The Balaban J connectivity index is 0.000000111. The highest BCUT2D eigenvalue weighted by Gasteiger charge is 1.88. The molecule has 4 nitrogen and oxygen atoms in total. The van der Waals surface area contributed by atoms with Crippen LogP contribution in [0.3, 0.4) is 0 Å². The largest absolute Gasteiger partial charge is 0.361 e. The molecular formula is C14H12N4. The second kappa shape index (κ2) is 4.71. The molecule has 0 aliphatic rings. The summed E-state index contributed by atoms with van der Waals surface area (Å²) in [4.78, 5) is 14.1. The van der Waals surface area contributed by atoms with Crippen molar-refractivity contribution in [1.82, 2.24) is 19.9 Å². The van der Waals surface area contributed by atoms with Crippen LogP contribution in [-0.4, -0.2) is 19.9 Å². The van der Waals surface area contributed by atoms with Crippen molar-refractivity contribution in [2.24, 2.45) is 0 Å². The van der Waals surface area contributed by atoms with Crippen LogP contribution < -0.4 is 0 Å². The maximum absolute atomic E-state index is 3.97. The van der Waals surface area contributed by atoms with Crippen LogP contribution in [0.1, 0.15) is 0 Å². The zero-order valence-corrected chi connectivity index (χ0v) is 9.67. The molecule has 0 spiro atoms. The number of H-pyrrole nitrogens is 2. The predicted octanol–water partition coefficient (Wildman–Crippen LogP) is 3.13. The fraction of sp³-hybridized carbons (Fsp3) is 0. The van der Waals surface area contributed by atoms with Gasteiger partial charge in [-0.2, -0.15) is 0 Å².